The fraction of sp³-hybridized carbons (Fsp3) is 0.605. The molecule has 0 amide bonds. The van der Waals surface area contributed by atoms with Crippen molar-refractivity contribution in [1.29, 1.82) is 0 Å². The van der Waals surface area contributed by atoms with Gasteiger partial charge in [-0.15, -0.1) is 0 Å². The monoisotopic (exact) mass is 651 g/mol. The highest BCUT2D eigenvalue weighted by molar-refractivity contribution is 5.69. The topological polar surface area (TPSA) is 55.8 Å². The van der Waals surface area contributed by atoms with E-state index < -0.39 is 6.10 Å². The van der Waals surface area contributed by atoms with E-state index in [-0.39, 0.29) is 19.2 Å². The first-order valence-electron chi connectivity index (χ1n) is 18.8. The summed E-state index contributed by atoms with van der Waals surface area (Å²) < 4.78 is 11.1. The van der Waals surface area contributed by atoms with Crippen LogP contribution < -0.4 is 0 Å². The lowest BCUT2D eigenvalue weighted by atomic mass is 10.1. The minimum Gasteiger partial charge on any atom is -0.457 e. The zero-order chi connectivity index (χ0) is 34.1. The van der Waals surface area contributed by atoms with E-state index in [9.17, 15) is 9.90 Å². The summed E-state index contributed by atoms with van der Waals surface area (Å²) in [5, 5.41) is 9.56. The minimum absolute atomic E-state index is 0.197. The largest absolute Gasteiger partial charge is 0.457 e. The van der Waals surface area contributed by atoms with E-state index in [2.05, 4.69) is 111 Å². The Morgan fingerprint density at radius 1 is 0.511 bits per heavy atom. The van der Waals surface area contributed by atoms with Crippen LogP contribution in [0.3, 0.4) is 0 Å². The molecule has 0 aliphatic heterocycles. The summed E-state index contributed by atoms with van der Waals surface area (Å²) in [6, 6.07) is 0. The van der Waals surface area contributed by atoms with E-state index in [0.29, 0.717) is 13.0 Å². The highest BCUT2D eigenvalue weighted by Crippen LogP contribution is 2.09. The van der Waals surface area contributed by atoms with E-state index >= 15 is 0 Å². The number of esters is 1. The van der Waals surface area contributed by atoms with Crippen molar-refractivity contribution in [2.75, 3.05) is 19.8 Å². The second-order valence-electron chi connectivity index (χ2n) is 11.9. The first kappa shape index (κ1) is 44.3. The van der Waals surface area contributed by atoms with Gasteiger partial charge in [-0.05, 0) is 89.9 Å². The molecule has 0 radical (unpaired) electrons. The molecule has 0 aromatic carbocycles. The number of unbranched alkanes of at least 4 members (excludes halogenated alkanes) is 9. The van der Waals surface area contributed by atoms with E-state index in [0.717, 1.165) is 96.3 Å². The van der Waals surface area contributed by atoms with Gasteiger partial charge in [0.15, 0.2) is 0 Å². The van der Waals surface area contributed by atoms with Crippen LogP contribution in [0.1, 0.15) is 142 Å². The van der Waals surface area contributed by atoms with Gasteiger partial charge in [-0.2, -0.15) is 0 Å². The van der Waals surface area contributed by atoms with Crippen molar-refractivity contribution in [1.82, 2.24) is 0 Å². The molecule has 1 N–H and O–H groups in total. The van der Waals surface area contributed by atoms with Crippen molar-refractivity contribution >= 4 is 5.97 Å². The SMILES string of the molecule is CC/C=C\C/C=C\C/C=C\C/C=C\C/C=C\CCCCCCCCOCC(CO)OC(=O)CCCCC/C=C\C/C=C\C/C=C\CC. The van der Waals surface area contributed by atoms with E-state index in [1.807, 2.05) is 0 Å². The number of hydrogen-bond acceptors (Lipinski definition) is 4. The summed E-state index contributed by atoms with van der Waals surface area (Å²) in [5.41, 5.74) is 0. The van der Waals surface area contributed by atoms with E-state index in [1.165, 1.54) is 25.7 Å². The normalized spacial score (nSPS) is 13.5. The van der Waals surface area contributed by atoms with Crippen molar-refractivity contribution in [2.24, 2.45) is 0 Å². The van der Waals surface area contributed by atoms with Crippen molar-refractivity contribution in [3.8, 4) is 0 Å². The summed E-state index contributed by atoms with van der Waals surface area (Å²) in [6.45, 7) is 5.02. The number of ether oxygens (including phenoxy) is 2. The Morgan fingerprint density at radius 2 is 0.894 bits per heavy atom. The minimum atomic E-state index is -0.563. The third-order valence-electron chi connectivity index (χ3n) is 7.40. The summed E-state index contributed by atoms with van der Waals surface area (Å²) in [4.78, 5) is 12.1. The molecule has 0 fully saturated rings. The van der Waals surface area contributed by atoms with Gasteiger partial charge in [-0.1, -0.05) is 143 Å². The molecule has 4 heteroatoms. The van der Waals surface area contributed by atoms with Crippen LogP contribution in [0.4, 0.5) is 0 Å². The van der Waals surface area contributed by atoms with E-state index in [4.69, 9.17) is 9.47 Å². The zero-order valence-electron chi connectivity index (χ0n) is 30.3. The fourth-order valence-corrected chi connectivity index (χ4v) is 4.66. The summed E-state index contributed by atoms with van der Waals surface area (Å²) in [7, 11) is 0. The molecule has 0 saturated carbocycles. The van der Waals surface area contributed by atoms with Crippen LogP contribution in [-0.4, -0.2) is 37.0 Å². The molecule has 0 spiro atoms. The van der Waals surface area contributed by atoms with Crippen LogP contribution in [0.15, 0.2) is 97.2 Å². The first-order valence-corrected chi connectivity index (χ1v) is 18.8. The lowest BCUT2D eigenvalue weighted by Crippen LogP contribution is -2.27. The van der Waals surface area contributed by atoms with E-state index in [1.54, 1.807) is 0 Å². The van der Waals surface area contributed by atoms with Crippen LogP contribution in [0.5, 0.6) is 0 Å². The third-order valence-corrected chi connectivity index (χ3v) is 7.40. The molecule has 4 nitrogen and oxygen atoms in total. The maximum Gasteiger partial charge on any atom is 0.306 e. The second-order valence-corrected chi connectivity index (χ2v) is 11.9. The van der Waals surface area contributed by atoms with Crippen molar-refractivity contribution in [2.45, 2.75) is 148 Å². The van der Waals surface area contributed by atoms with Crippen LogP contribution >= 0.6 is 0 Å². The molecular weight excluding hydrogens is 580 g/mol. The number of aliphatic hydroxyl groups is 1. The Labute approximate surface area is 290 Å². The van der Waals surface area contributed by atoms with Crippen molar-refractivity contribution in [3.63, 3.8) is 0 Å². The smallest absolute Gasteiger partial charge is 0.306 e. The van der Waals surface area contributed by atoms with Gasteiger partial charge >= 0.3 is 5.97 Å². The van der Waals surface area contributed by atoms with Gasteiger partial charge in [0.05, 0.1) is 13.2 Å². The number of carbonyl (C=O) groups is 1. The number of carbonyl (C=O) groups excluding carboxylic acids is 1. The Morgan fingerprint density at radius 3 is 1.34 bits per heavy atom. The van der Waals surface area contributed by atoms with Crippen molar-refractivity contribution < 1.29 is 19.4 Å². The fourth-order valence-electron chi connectivity index (χ4n) is 4.66. The van der Waals surface area contributed by atoms with Gasteiger partial charge in [0, 0.05) is 13.0 Å². The van der Waals surface area contributed by atoms with Gasteiger partial charge in [0.25, 0.3) is 0 Å². The lowest BCUT2D eigenvalue weighted by molar-refractivity contribution is -0.154. The molecule has 0 rings (SSSR count). The molecule has 266 valence electrons. The molecule has 0 saturated heterocycles. The zero-order valence-corrected chi connectivity index (χ0v) is 30.3. The van der Waals surface area contributed by atoms with Crippen LogP contribution in [-0.2, 0) is 14.3 Å². The van der Waals surface area contributed by atoms with Crippen LogP contribution in [0.2, 0.25) is 0 Å². The summed E-state index contributed by atoms with van der Waals surface area (Å²) in [5.74, 6) is -0.241. The molecule has 0 aliphatic rings. The second kappa shape index (κ2) is 39.5. The van der Waals surface area contributed by atoms with Gasteiger partial charge in [0.2, 0.25) is 0 Å². The van der Waals surface area contributed by atoms with Gasteiger partial charge in [-0.25, -0.2) is 0 Å². The molecule has 0 aliphatic carbocycles. The Kier molecular flexibility index (Phi) is 37.2. The average Bonchev–Trinajstić information content (AvgIpc) is 3.08. The summed E-state index contributed by atoms with van der Waals surface area (Å²) in [6.07, 6.45) is 56.0. The van der Waals surface area contributed by atoms with Crippen LogP contribution in [0.25, 0.3) is 0 Å². The Balaban J connectivity index is 3.57. The maximum absolute atomic E-state index is 12.1. The number of rotatable bonds is 33. The van der Waals surface area contributed by atoms with Crippen molar-refractivity contribution in [3.05, 3.63) is 97.2 Å². The predicted octanol–water partition coefficient (Wildman–Crippen LogP) is 12.2. The first-order chi connectivity index (χ1) is 23.2. The molecule has 47 heavy (non-hydrogen) atoms. The number of hydrogen-bond donors (Lipinski definition) is 1. The van der Waals surface area contributed by atoms with Crippen LogP contribution in [0, 0.1) is 0 Å². The maximum atomic E-state index is 12.1. The molecule has 1 unspecified atom stereocenters. The molecule has 0 aromatic heterocycles. The molecule has 0 aromatic rings. The highest BCUT2D eigenvalue weighted by atomic mass is 16.6. The van der Waals surface area contributed by atoms with Gasteiger partial charge < -0.3 is 14.6 Å². The molecular formula is C43H70O4. The molecule has 0 bridgehead atoms. The standard InChI is InChI=1S/C43H70O4/c1-3-5-7-9-11-13-15-17-18-19-20-21-22-23-24-25-27-29-31-33-35-37-39-46-41-42(40-44)47-43(45)38-36-34-32-30-28-26-16-14-12-10-8-6-4-2/h5-8,11-14,17-18,20-21,23-24,26,28,42,44H,3-4,9-10,15-16,19,22,25,27,29-41H2,1-2H3/b7-5-,8-6-,13-11-,14-12-,18-17-,21-20-,24-23-,28-26-. The molecule has 1 atom stereocenters. The van der Waals surface area contributed by atoms with Gasteiger partial charge in [-0.3, -0.25) is 4.79 Å². The molecule has 0 heterocycles. The highest BCUT2D eigenvalue weighted by Gasteiger charge is 2.13. The third kappa shape index (κ3) is 37.6. The number of aliphatic hydroxyl groups excluding tert-OH is 1. The quantitative estimate of drug-likeness (QED) is 0.0436. The van der Waals surface area contributed by atoms with Gasteiger partial charge in [0.1, 0.15) is 6.10 Å². The predicted molar refractivity (Wildman–Crippen MR) is 205 cm³/mol. The summed E-state index contributed by atoms with van der Waals surface area (Å²) >= 11 is 0. The Hall–Kier alpha value is -2.69. The number of allylic oxidation sites excluding steroid dienone is 16. The Bertz CT molecular complexity index is 903. The average molecular weight is 651 g/mol. The lowest BCUT2D eigenvalue weighted by Gasteiger charge is -2.15.